The number of nitrogens with one attached hydrogen (secondary N) is 1. The van der Waals surface area contributed by atoms with Crippen molar-refractivity contribution in [3.63, 3.8) is 0 Å². The third kappa shape index (κ3) is 2.59. The first-order chi connectivity index (χ1) is 13.1. The minimum absolute atomic E-state index is 0.181. The van der Waals surface area contributed by atoms with Gasteiger partial charge in [0.05, 0.1) is 29.4 Å². The maximum Gasteiger partial charge on any atom is 0.337 e. The van der Waals surface area contributed by atoms with Crippen molar-refractivity contribution in [1.29, 1.82) is 0 Å². The molecule has 1 N–H and O–H groups in total. The molecule has 2 aliphatic carbocycles. The Morgan fingerprint density at radius 1 is 1.04 bits per heavy atom. The highest BCUT2D eigenvalue weighted by molar-refractivity contribution is 6.36. The van der Waals surface area contributed by atoms with E-state index in [1.54, 1.807) is 0 Å². The molecule has 2 saturated carbocycles. The predicted octanol–water partition coefficient (Wildman–Crippen LogP) is 6.08. The Labute approximate surface area is 169 Å². The number of benzene rings is 2. The molecule has 1 aliphatic heterocycles. The van der Waals surface area contributed by atoms with E-state index in [9.17, 15) is 4.79 Å². The third-order valence-electron chi connectivity index (χ3n) is 6.83. The van der Waals surface area contributed by atoms with Crippen molar-refractivity contribution in [1.82, 2.24) is 0 Å². The number of rotatable bonds is 2. The molecule has 3 aliphatic rings. The van der Waals surface area contributed by atoms with E-state index < -0.39 is 0 Å². The standard InChI is InChI=1S/C22H21Cl2NO2/c1-27-22(26)12-4-2-11(3-5-12)20-18-14-7-6-13(10-14)17(18)19-15(23)8-9-16(24)21(19)25-20/h2-5,8-9,13-14,17-18,20,25H,6-7,10H2,1H3/t13-,14-,17-,18+,20-/m0/s1. The molecule has 0 aromatic heterocycles. The number of carbonyl (C=O) groups excluding carboxylic acids is 1. The van der Waals surface area contributed by atoms with E-state index >= 15 is 0 Å². The molecule has 0 saturated heterocycles. The van der Waals surface area contributed by atoms with Gasteiger partial charge >= 0.3 is 5.97 Å². The summed E-state index contributed by atoms with van der Waals surface area (Å²) in [5.74, 6) is 2.05. The van der Waals surface area contributed by atoms with E-state index in [1.165, 1.54) is 37.5 Å². The van der Waals surface area contributed by atoms with Crippen molar-refractivity contribution in [2.45, 2.75) is 31.2 Å². The molecule has 140 valence electrons. The summed E-state index contributed by atoms with van der Waals surface area (Å²) in [5.41, 5.74) is 3.96. The molecule has 2 fully saturated rings. The SMILES string of the molecule is COC(=O)c1ccc([C@@H]2Nc3c(Cl)ccc(Cl)c3[C@H]3[C@H]4CC[C@@H](C4)[C@H]32)cc1. The highest BCUT2D eigenvalue weighted by atomic mass is 35.5. The number of anilines is 1. The Kier molecular flexibility index (Phi) is 4.14. The number of fused-ring (bicyclic) bond motifs is 7. The number of ether oxygens (including phenoxy) is 1. The van der Waals surface area contributed by atoms with Crippen molar-refractivity contribution >= 4 is 34.9 Å². The molecule has 0 radical (unpaired) electrons. The van der Waals surface area contributed by atoms with Crippen LogP contribution in [-0.2, 0) is 4.74 Å². The van der Waals surface area contributed by atoms with Crippen LogP contribution in [0.1, 0.15) is 52.7 Å². The molecule has 2 aromatic carbocycles. The average Bonchev–Trinajstić information content (AvgIpc) is 3.32. The van der Waals surface area contributed by atoms with Crippen molar-refractivity contribution in [2.24, 2.45) is 17.8 Å². The van der Waals surface area contributed by atoms with Crippen LogP contribution in [0.25, 0.3) is 0 Å². The van der Waals surface area contributed by atoms with Crippen LogP contribution in [-0.4, -0.2) is 13.1 Å². The van der Waals surface area contributed by atoms with Gasteiger partial charge in [0.15, 0.2) is 0 Å². The summed E-state index contributed by atoms with van der Waals surface area (Å²) < 4.78 is 4.82. The minimum atomic E-state index is -0.309. The van der Waals surface area contributed by atoms with Gasteiger partial charge in [-0.25, -0.2) is 4.79 Å². The molecule has 2 aromatic rings. The number of halogens is 2. The van der Waals surface area contributed by atoms with E-state index in [2.05, 4.69) is 5.32 Å². The van der Waals surface area contributed by atoms with Gasteiger partial charge in [-0.15, -0.1) is 0 Å². The fraction of sp³-hybridized carbons (Fsp3) is 0.409. The smallest absolute Gasteiger partial charge is 0.337 e. The Hall–Kier alpha value is -1.71. The van der Waals surface area contributed by atoms with Crippen LogP contribution in [0, 0.1) is 17.8 Å². The van der Waals surface area contributed by atoms with Gasteiger partial charge < -0.3 is 10.1 Å². The molecule has 5 atom stereocenters. The molecule has 0 spiro atoms. The molecule has 2 bridgehead atoms. The average molecular weight is 402 g/mol. The zero-order valence-corrected chi connectivity index (χ0v) is 16.6. The maximum absolute atomic E-state index is 11.8. The largest absolute Gasteiger partial charge is 0.465 e. The number of esters is 1. The summed E-state index contributed by atoms with van der Waals surface area (Å²) in [6.07, 6.45) is 3.84. The first-order valence-electron chi connectivity index (χ1n) is 9.51. The van der Waals surface area contributed by atoms with Crippen LogP contribution < -0.4 is 5.32 Å². The van der Waals surface area contributed by atoms with Crippen LogP contribution in [0.4, 0.5) is 5.69 Å². The highest BCUT2D eigenvalue weighted by Gasteiger charge is 2.54. The molecule has 27 heavy (non-hydrogen) atoms. The summed E-state index contributed by atoms with van der Waals surface area (Å²) in [4.78, 5) is 11.8. The fourth-order valence-corrected chi connectivity index (χ4v) is 6.29. The van der Waals surface area contributed by atoms with E-state index in [0.29, 0.717) is 29.2 Å². The topological polar surface area (TPSA) is 38.3 Å². The Morgan fingerprint density at radius 3 is 2.48 bits per heavy atom. The minimum Gasteiger partial charge on any atom is -0.465 e. The van der Waals surface area contributed by atoms with Crippen LogP contribution in [0.3, 0.4) is 0 Å². The van der Waals surface area contributed by atoms with E-state index in [-0.39, 0.29) is 12.0 Å². The van der Waals surface area contributed by atoms with Gasteiger partial charge in [-0.3, -0.25) is 0 Å². The number of carbonyl (C=O) groups is 1. The normalized spacial score (nSPS) is 30.4. The quantitative estimate of drug-likeness (QED) is 0.619. The third-order valence-corrected chi connectivity index (χ3v) is 7.48. The summed E-state index contributed by atoms with van der Waals surface area (Å²) in [6, 6.07) is 11.8. The Balaban J connectivity index is 1.59. The number of methoxy groups -OCH3 is 1. The summed E-state index contributed by atoms with van der Waals surface area (Å²) >= 11 is 13.2. The second-order valence-corrected chi connectivity index (χ2v) is 8.80. The van der Waals surface area contributed by atoms with Gasteiger partial charge in [0.25, 0.3) is 0 Å². The first kappa shape index (κ1) is 17.4. The highest BCUT2D eigenvalue weighted by Crippen LogP contribution is 2.65. The van der Waals surface area contributed by atoms with Gasteiger partial charge in [0.2, 0.25) is 0 Å². The lowest BCUT2D eigenvalue weighted by molar-refractivity contribution is 0.0600. The molecule has 0 unspecified atom stereocenters. The molecule has 5 heteroatoms. The van der Waals surface area contributed by atoms with Crippen molar-refractivity contribution in [3.8, 4) is 0 Å². The van der Waals surface area contributed by atoms with E-state index in [1.807, 2.05) is 36.4 Å². The molecule has 1 heterocycles. The van der Waals surface area contributed by atoms with Crippen LogP contribution >= 0.6 is 23.2 Å². The van der Waals surface area contributed by atoms with Gasteiger partial charge in [-0.1, -0.05) is 35.3 Å². The monoisotopic (exact) mass is 401 g/mol. The lowest BCUT2D eigenvalue weighted by atomic mass is 9.68. The van der Waals surface area contributed by atoms with Crippen LogP contribution in [0.15, 0.2) is 36.4 Å². The van der Waals surface area contributed by atoms with Gasteiger partial charge in [-0.05, 0) is 78.3 Å². The number of hydrogen-bond acceptors (Lipinski definition) is 3. The van der Waals surface area contributed by atoms with Crippen molar-refractivity contribution in [2.75, 3.05) is 12.4 Å². The molecular weight excluding hydrogens is 381 g/mol. The predicted molar refractivity (Wildman–Crippen MR) is 108 cm³/mol. The summed E-state index contributed by atoms with van der Waals surface area (Å²) in [5, 5.41) is 5.26. The van der Waals surface area contributed by atoms with Gasteiger partial charge in [-0.2, -0.15) is 0 Å². The lowest BCUT2D eigenvalue weighted by Gasteiger charge is -2.44. The van der Waals surface area contributed by atoms with Crippen LogP contribution in [0.2, 0.25) is 10.0 Å². The van der Waals surface area contributed by atoms with Crippen molar-refractivity contribution < 1.29 is 9.53 Å². The summed E-state index contributed by atoms with van der Waals surface area (Å²) in [7, 11) is 1.40. The first-order valence-corrected chi connectivity index (χ1v) is 10.3. The second-order valence-electron chi connectivity index (χ2n) is 7.99. The molecule has 5 rings (SSSR count). The van der Waals surface area contributed by atoms with E-state index in [4.69, 9.17) is 27.9 Å². The zero-order valence-electron chi connectivity index (χ0n) is 15.0. The van der Waals surface area contributed by atoms with Crippen LogP contribution in [0.5, 0.6) is 0 Å². The van der Waals surface area contributed by atoms with Crippen molar-refractivity contribution in [3.05, 3.63) is 63.1 Å². The number of hydrogen-bond donors (Lipinski definition) is 1. The maximum atomic E-state index is 11.8. The molecule has 0 amide bonds. The second kappa shape index (κ2) is 6.42. The zero-order chi connectivity index (χ0) is 18.7. The fourth-order valence-electron chi connectivity index (χ4n) is 5.79. The van der Waals surface area contributed by atoms with Gasteiger partial charge in [0, 0.05) is 5.02 Å². The Bertz CT molecular complexity index is 911. The van der Waals surface area contributed by atoms with Gasteiger partial charge in [0.1, 0.15) is 0 Å². The molecule has 3 nitrogen and oxygen atoms in total. The lowest BCUT2D eigenvalue weighted by Crippen LogP contribution is -2.35. The Morgan fingerprint density at radius 2 is 1.74 bits per heavy atom. The molecular formula is C22H21Cl2NO2. The summed E-state index contributed by atoms with van der Waals surface area (Å²) in [6.45, 7) is 0. The van der Waals surface area contributed by atoms with E-state index in [0.717, 1.165) is 15.7 Å².